The normalized spacial score (nSPS) is 16.6. The van der Waals surface area contributed by atoms with Gasteiger partial charge in [-0.15, -0.1) is 0 Å². The van der Waals surface area contributed by atoms with E-state index in [1.165, 1.54) is 57.8 Å². The fraction of sp³-hybridized carbons (Fsp3) is 1.00. The zero-order chi connectivity index (χ0) is 56.5. The van der Waals surface area contributed by atoms with Crippen molar-refractivity contribution >= 4 is 0 Å². The fourth-order valence-corrected chi connectivity index (χ4v) is 19.2. The first-order valence-corrected chi connectivity index (χ1v) is 29.3. The lowest BCUT2D eigenvalue weighted by Crippen LogP contribution is -2.65. The molecule has 0 fully saturated rings. The van der Waals surface area contributed by atoms with E-state index in [0.717, 1.165) is 5.92 Å². The minimum Gasteiger partial charge on any atom is -0.0628 e. The van der Waals surface area contributed by atoms with Crippen LogP contribution in [0.25, 0.3) is 0 Å². The predicted molar refractivity (Wildman–Crippen MR) is 319 cm³/mol. The van der Waals surface area contributed by atoms with Crippen LogP contribution in [0.15, 0.2) is 0 Å². The molecule has 0 aromatic heterocycles. The van der Waals surface area contributed by atoms with E-state index < -0.39 is 0 Å². The monoisotopic (exact) mass is 969 g/mol. The van der Waals surface area contributed by atoms with Crippen LogP contribution >= 0.6 is 0 Å². The lowest BCUT2D eigenvalue weighted by Gasteiger charge is -2.72. The third-order valence-electron chi connectivity index (χ3n) is 24.3. The van der Waals surface area contributed by atoms with Gasteiger partial charge < -0.3 is 0 Å². The topological polar surface area (TPSA) is 0 Å². The van der Waals surface area contributed by atoms with Gasteiger partial charge >= 0.3 is 0 Å². The molecule has 69 heavy (non-hydrogen) atoms. The quantitative estimate of drug-likeness (QED) is 0.0733. The summed E-state index contributed by atoms with van der Waals surface area (Å²) in [4.78, 5) is 0. The number of hydrogen-bond donors (Lipinski definition) is 0. The van der Waals surface area contributed by atoms with Crippen LogP contribution in [-0.4, -0.2) is 0 Å². The summed E-state index contributed by atoms with van der Waals surface area (Å²) in [6, 6.07) is 0. The van der Waals surface area contributed by atoms with Crippen molar-refractivity contribution in [3.05, 3.63) is 0 Å². The molecule has 0 saturated heterocycles. The Morgan fingerprint density at radius 1 is 0.203 bits per heavy atom. The molecule has 0 N–H and O–H groups in total. The summed E-state index contributed by atoms with van der Waals surface area (Å²) < 4.78 is 0. The first-order valence-electron chi connectivity index (χ1n) is 29.3. The van der Waals surface area contributed by atoms with Crippen molar-refractivity contribution in [2.75, 3.05) is 0 Å². The summed E-state index contributed by atoms with van der Waals surface area (Å²) in [6.07, 6.45) is 11.4. The van der Waals surface area contributed by atoms with Crippen LogP contribution in [0.2, 0.25) is 0 Å². The largest absolute Gasteiger partial charge is 0.0628 e. The summed E-state index contributed by atoms with van der Waals surface area (Å²) in [6.45, 7) is 103. The average molecular weight is 970 g/mol. The van der Waals surface area contributed by atoms with Gasteiger partial charge in [-0.2, -0.15) is 0 Å². The van der Waals surface area contributed by atoms with Gasteiger partial charge in [0, 0.05) is 0 Å². The van der Waals surface area contributed by atoms with Crippen molar-refractivity contribution in [3.63, 3.8) is 0 Å². The van der Waals surface area contributed by atoms with E-state index in [0.29, 0.717) is 22.2 Å². The summed E-state index contributed by atoms with van der Waals surface area (Å²) in [5, 5.41) is 0. The lowest BCUT2D eigenvalue weighted by atomic mass is 9.33. The predicted octanol–water partition coefficient (Wildman–Crippen LogP) is 24.3. The van der Waals surface area contributed by atoms with Crippen LogP contribution in [0.3, 0.4) is 0 Å². The smallest absolute Gasteiger partial charge is 0.0241 e. The SMILES string of the molecule is CC(C)CC(C)(C)CC(C)(C)CC(C)(C)CC(C)(C)CC(C)(C)CC(C)(C)CC(C)(C)CC(C)(C)CC(C)(C)C(C)(C)C(C)(C)C(C)(C)C(C)(C)C(C)(C)C(C)(C)C(C)(C)C(C)(C)C(C)(C)C(C)C. The van der Waals surface area contributed by atoms with E-state index in [1.807, 2.05) is 0 Å². The Morgan fingerprint density at radius 2 is 0.377 bits per heavy atom. The second-order valence-electron chi connectivity index (χ2n) is 38.1. The van der Waals surface area contributed by atoms with Gasteiger partial charge in [-0.25, -0.2) is 0 Å². The maximum Gasteiger partial charge on any atom is -0.0241 e. The maximum atomic E-state index is 2.65. The molecule has 0 heterocycles. The molecule has 0 heteroatoms. The van der Waals surface area contributed by atoms with E-state index in [2.05, 4.69) is 277 Å². The third-order valence-corrected chi connectivity index (χ3v) is 24.3. The highest BCUT2D eigenvalue weighted by atomic mass is 14.7. The molecule has 0 bridgehead atoms. The van der Waals surface area contributed by atoms with Gasteiger partial charge in [0.1, 0.15) is 0 Å². The van der Waals surface area contributed by atoms with Crippen LogP contribution in [-0.2, 0) is 0 Å². The second kappa shape index (κ2) is 20.2. The summed E-state index contributed by atoms with van der Waals surface area (Å²) in [5.74, 6) is 1.34. The Labute approximate surface area is 442 Å². The highest BCUT2D eigenvalue weighted by Gasteiger charge is 2.68. The second-order valence-corrected chi connectivity index (χ2v) is 38.1. The molecule has 0 atom stereocenters. The van der Waals surface area contributed by atoms with Gasteiger partial charge in [0.15, 0.2) is 0 Å². The summed E-state index contributed by atoms with van der Waals surface area (Å²) in [7, 11) is 0. The molecular weight excluding hydrogens is 829 g/mol. The van der Waals surface area contributed by atoms with E-state index in [-0.39, 0.29) is 81.2 Å². The molecule has 0 aromatic carbocycles. The standard InChI is InChI=1S/C69H140/c1-50(2)41-52(5,6)42-53(7,8)43-54(9,10)44-55(11,12)45-56(13,14)46-57(15,16)47-58(17,18)48-59(19,20)49-60(21,22)62(25,26)64(29,30)66(33,34)68(37,38)69(39,40)67(35,36)65(31,32)63(27,28)61(23,24)51(3)4/h50-51H,41-49H2,1-40H3. The van der Waals surface area contributed by atoms with Crippen molar-refractivity contribution in [2.24, 2.45) is 109 Å². The Bertz CT molecular complexity index is 1630. The van der Waals surface area contributed by atoms with Crippen LogP contribution in [0.1, 0.15) is 335 Å². The van der Waals surface area contributed by atoms with Gasteiger partial charge in [-0.1, -0.05) is 277 Å². The van der Waals surface area contributed by atoms with Crippen LogP contribution in [0.5, 0.6) is 0 Å². The van der Waals surface area contributed by atoms with E-state index in [1.54, 1.807) is 0 Å². The van der Waals surface area contributed by atoms with Crippen molar-refractivity contribution in [3.8, 4) is 0 Å². The van der Waals surface area contributed by atoms with Crippen LogP contribution in [0, 0.1) is 109 Å². The highest BCUT2D eigenvalue weighted by Crippen LogP contribution is 2.75. The van der Waals surface area contributed by atoms with Gasteiger partial charge in [0.2, 0.25) is 0 Å². The van der Waals surface area contributed by atoms with E-state index in [4.69, 9.17) is 0 Å². The molecule has 0 amide bonds. The van der Waals surface area contributed by atoms with Crippen molar-refractivity contribution in [2.45, 2.75) is 335 Å². The zero-order valence-corrected chi connectivity index (χ0v) is 56.5. The molecule has 0 radical (unpaired) electrons. The minimum absolute atomic E-state index is 0.000776. The van der Waals surface area contributed by atoms with E-state index in [9.17, 15) is 0 Å². The maximum absolute atomic E-state index is 2.65. The van der Waals surface area contributed by atoms with Crippen molar-refractivity contribution in [1.29, 1.82) is 0 Å². The molecule has 0 nitrogen and oxygen atoms in total. The highest BCUT2D eigenvalue weighted by molar-refractivity contribution is 5.16. The molecule has 0 saturated carbocycles. The van der Waals surface area contributed by atoms with Gasteiger partial charge in [0.25, 0.3) is 0 Å². The van der Waals surface area contributed by atoms with Gasteiger partial charge in [0.05, 0.1) is 0 Å². The molecular formula is C69H140. The van der Waals surface area contributed by atoms with Crippen molar-refractivity contribution in [1.82, 2.24) is 0 Å². The molecule has 0 aliphatic carbocycles. The first-order chi connectivity index (χ1) is 29.3. The fourth-order valence-electron chi connectivity index (χ4n) is 19.2. The molecule has 0 aliphatic heterocycles. The first kappa shape index (κ1) is 69.0. The van der Waals surface area contributed by atoms with Crippen LogP contribution in [0.4, 0.5) is 0 Å². The molecule has 0 aromatic rings. The Balaban J connectivity index is 6.56. The molecule has 0 spiro atoms. The van der Waals surface area contributed by atoms with Crippen LogP contribution < -0.4 is 0 Å². The molecule has 0 unspecified atom stereocenters. The third kappa shape index (κ3) is 15.1. The number of rotatable bonds is 28. The Kier molecular flexibility index (Phi) is 20.2. The molecule has 416 valence electrons. The van der Waals surface area contributed by atoms with Crippen molar-refractivity contribution < 1.29 is 0 Å². The van der Waals surface area contributed by atoms with Gasteiger partial charge in [-0.05, 0) is 167 Å². The summed E-state index contributed by atoms with van der Waals surface area (Å²) in [5.41, 5.74) is 2.76. The van der Waals surface area contributed by atoms with Gasteiger partial charge in [-0.3, -0.25) is 0 Å². The zero-order valence-electron chi connectivity index (χ0n) is 56.5. The summed E-state index contributed by atoms with van der Waals surface area (Å²) >= 11 is 0. The Hall–Kier alpha value is 0. The Morgan fingerprint density at radius 3 is 0.580 bits per heavy atom. The van der Waals surface area contributed by atoms with E-state index >= 15 is 0 Å². The number of hydrogen-bond acceptors (Lipinski definition) is 0. The molecule has 0 rings (SSSR count). The minimum atomic E-state index is -0.000776. The average Bonchev–Trinajstić information content (AvgIpc) is 2.97. The lowest BCUT2D eigenvalue weighted by molar-refractivity contribution is -0.236. The molecule has 0 aliphatic rings.